The first kappa shape index (κ1) is 12.5. The standard InChI is InChI=1S/C11H15N3O4/c1-7(15)13-4-5-14(10(17)6-13)8-2-3-9(16)12-11(8)18/h8H,2-6H2,1H3,(H,12,16,18). The van der Waals surface area contributed by atoms with Gasteiger partial charge in [0.05, 0.1) is 6.54 Å². The maximum absolute atomic E-state index is 11.9. The molecule has 1 atom stereocenters. The third kappa shape index (κ3) is 2.34. The topological polar surface area (TPSA) is 86.8 Å². The summed E-state index contributed by atoms with van der Waals surface area (Å²) in [7, 11) is 0. The fourth-order valence-electron chi connectivity index (χ4n) is 2.26. The first-order valence-corrected chi connectivity index (χ1v) is 5.87. The maximum Gasteiger partial charge on any atom is 0.249 e. The van der Waals surface area contributed by atoms with Crippen molar-refractivity contribution < 1.29 is 19.2 Å². The number of piperidine rings is 1. The number of rotatable bonds is 1. The number of carbonyl (C=O) groups excluding carboxylic acids is 4. The van der Waals surface area contributed by atoms with Gasteiger partial charge in [0.25, 0.3) is 0 Å². The molecule has 0 aromatic rings. The van der Waals surface area contributed by atoms with E-state index in [0.29, 0.717) is 19.5 Å². The Kier molecular flexibility index (Phi) is 3.31. The van der Waals surface area contributed by atoms with Gasteiger partial charge < -0.3 is 9.80 Å². The van der Waals surface area contributed by atoms with Gasteiger partial charge in [-0.3, -0.25) is 24.5 Å². The van der Waals surface area contributed by atoms with Crippen LogP contribution in [0.3, 0.4) is 0 Å². The molecule has 0 aromatic heterocycles. The smallest absolute Gasteiger partial charge is 0.249 e. The van der Waals surface area contributed by atoms with E-state index in [4.69, 9.17) is 0 Å². The Morgan fingerprint density at radius 3 is 2.56 bits per heavy atom. The number of imide groups is 1. The van der Waals surface area contributed by atoms with Gasteiger partial charge in [0.15, 0.2) is 0 Å². The summed E-state index contributed by atoms with van der Waals surface area (Å²) in [5.74, 6) is -1.11. The molecule has 1 N–H and O–H groups in total. The SMILES string of the molecule is CC(=O)N1CCN(C2CCC(=O)NC2=O)C(=O)C1. The lowest BCUT2D eigenvalue weighted by Gasteiger charge is -2.39. The molecule has 7 heteroatoms. The van der Waals surface area contributed by atoms with E-state index in [-0.39, 0.29) is 30.7 Å². The van der Waals surface area contributed by atoms with Gasteiger partial charge in [0, 0.05) is 26.4 Å². The van der Waals surface area contributed by atoms with Crippen LogP contribution in [0, 0.1) is 0 Å². The van der Waals surface area contributed by atoms with Crippen molar-refractivity contribution >= 4 is 23.6 Å². The zero-order valence-corrected chi connectivity index (χ0v) is 10.1. The second kappa shape index (κ2) is 4.75. The van der Waals surface area contributed by atoms with Crippen molar-refractivity contribution in [3.8, 4) is 0 Å². The van der Waals surface area contributed by atoms with Gasteiger partial charge >= 0.3 is 0 Å². The molecule has 2 fully saturated rings. The Balaban J connectivity index is 2.02. The Bertz CT molecular complexity index is 421. The molecular formula is C11H15N3O4. The molecule has 2 rings (SSSR count). The zero-order valence-electron chi connectivity index (χ0n) is 10.1. The predicted molar refractivity (Wildman–Crippen MR) is 60.1 cm³/mol. The van der Waals surface area contributed by atoms with Gasteiger partial charge in [-0.1, -0.05) is 0 Å². The highest BCUT2D eigenvalue weighted by molar-refractivity contribution is 6.02. The summed E-state index contributed by atoms with van der Waals surface area (Å²) >= 11 is 0. The van der Waals surface area contributed by atoms with E-state index in [1.54, 1.807) is 0 Å². The minimum atomic E-state index is -0.579. The average Bonchev–Trinajstić information content (AvgIpc) is 2.30. The second-order valence-electron chi connectivity index (χ2n) is 4.49. The lowest BCUT2D eigenvalue weighted by molar-refractivity contribution is -0.151. The summed E-state index contributed by atoms with van der Waals surface area (Å²) in [5, 5.41) is 2.23. The normalized spacial score (nSPS) is 25.2. The summed E-state index contributed by atoms with van der Waals surface area (Å²) in [4.78, 5) is 48.7. The molecule has 0 bridgehead atoms. The van der Waals surface area contributed by atoms with Crippen LogP contribution in [0.5, 0.6) is 0 Å². The highest BCUT2D eigenvalue weighted by Gasteiger charge is 2.37. The minimum Gasteiger partial charge on any atom is -0.332 e. The van der Waals surface area contributed by atoms with E-state index in [9.17, 15) is 19.2 Å². The molecule has 0 saturated carbocycles. The van der Waals surface area contributed by atoms with Crippen LogP contribution in [0.1, 0.15) is 19.8 Å². The van der Waals surface area contributed by atoms with E-state index in [0.717, 1.165) is 0 Å². The average molecular weight is 253 g/mol. The van der Waals surface area contributed by atoms with Crippen LogP contribution in [-0.4, -0.2) is 59.1 Å². The van der Waals surface area contributed by atoms with E-state index in [1.807, 2.05) is 0 Å². The highest BCUT2D eigenvalue weighted by Crippen LogP contribution is 2.15. The molecule has 2 aliphatic rings. The third-order valence-electron chi connectivity index (χ3n) is 3.29. The first-order chi connectivity index (χ1) is 8.49. The van der Waals surface area contributed by atoms with Crippen molar-refractivity contribution in [1.82, 2.24) is 15.1 Å². The van der Waals surface area contributed by atoms with E-state index >= 15 is 0 Å². The molecule has 7 nitrogen and oxygen atoms in total. The maximum atomic E-state index is 11.9. The van der Waals surface area contributed by atoms with E-state index in [2.05, 4.69) is 5.32 Å². The van der Waals surface area contributed by atoms with Gasteiger partial charge in [-0.15, -0.1) is 0 Å². The Morgan fingerprint density at radius 2 is 2.00 bits per heavy atom. The number of piperazine rings is 1. The molecule has 18 heavy (non-hydrogen) atoms. The van der Waals surface area contributed by atoms with Crippen molar-refractivity contribution in [3.63, 3.8) is 0 Å². The van der Waals surface area contributed by atoms with Crippen LogP contribution in [0.15, 0.2) is 0 Å². The molecule has 2 heterocycles. The van der Waals surface area contributed by atoms with Crippen LogP contribution in [0.4, 0.5) is 0 Å². The van der Waals surface area contributed by atoms with E-state index < -0.39 is 11.9 Å². The summed E-state index contributed by atoms with van der Waals surface area (Å²) < 4.78 is 0. The van der Waals surface area contributed by atoms with Gasteiger partial charge in [-0.2, -0.15) is 0 Å². The molecule has 0 radical (unpaired) electrons. The number of nitrogens with zero attached hydrogens (tertiary/aromatic N) is 2. The van der Waals surface area contributed by atoms with Crippen LogP contribution < -0.4 is 5.32 Å². The lowest BCUT2D eigenvalue weighted by Crippen LogP contribution is -2.60. The minimum absolute atomic E-state index is 0.00700. The largest absolute Gasteiger partial charge is 0.332 e. The van der Waals surface area contributed by atoms with Crippen molar-refractivity contribution in [1.29, 1.82) is 0 Å². The molecule has 2 saturated heterocycles. The predicted octanol–water partition coefficient (Wildman–Crippen LogP) is -1.52. The second-order valence-corrected chi connectivity index (χ2v) is 4.49. The third-order valence-corrected chi connectivity index (χ3v) is 3.29. The molecular weight excluding hydrogens is 238 g/mol. The van der Waals surface area contributed by atoms with Crippen LogP contribution in [0.2, 0.25) is 0 Å². The summed E-state index contributed by atoms with van der Waals surface area (Å²) in [5.41, 5.74) is 0. The molecule has 0 aromatic carbocycles. The van der Waals surface area contributed by atoms with Gasteiger partial charge in [-0.25, -0.2) is 0 Å². The fourth-order valence-corrected chi connectivity index (χ4v) is 2.26. The summed E-state index contributed by atoms with van der Waals surface area (Å²) in [6.45, 7) is 2.19. The van der Waals surface area contributed by atoms with Gasteiger partial charge in [-0.05, 0) is 6.42 Å². The molecule has 1 unspecified atom stereocenters. The quantitative estimate of drug-likeness (QED) is 0.575. The Morgan fingerprint density at radius 1 is 1.28 bits per heavy atom. The van der Waals surface area contributed by atoms with Crippen LogP contribution in [0.25, 0.3) is 0 Å². The number of hydrogen-bond donors (Lipinski definition) is 1. The molecule has 4 amide bonds. The number of carbonyl (C=O) groups is 4. The lowest BCUT2D eigenvalue weighted by atomic mass is 10.0. The van der Waals surface area contributed by atoms with Crippen LogP contribution >= 0.6 is 0 Å². The zero-order chi connectivity index (χ0) is 13.3. The summed E-state index contributed by atoms with van der Waals surface area (Å²) in [6, 6.07) is -0.579. The van der Waals surface area contributed by atoms with Gasteiger partial charge in [0.2, 0.25) is 23.6 Å². The fraction of sp³-hybridized carbons (Fsp3) is 0.636. The van der Waals surface area contributed by atoms with Crippen molar-refractivity contribution in [2.24, 2.45) is 0 Å². The Labute approximate surface area is 104 Å². The summed E-state index contributed by atoms with van der Waals surface area (Å²) in [6.07, 6.45) is 0.604. The van der Waals surface area contributed by atoms with Crippen molar-refractivity contribution in [2.45, 2.75) is 25.8 Å². The van der Waals surface area contributed by atoms with Gasteiger partial charge in [0.1, 0.15) is 6.04 Å². The molecule has 98 valence electrons. The molecule has 0 aliphatic carbocycles. The number of amides is 4. The number of nitrogens with one attached hydrogen (secondary N) is 1. The van der Waals surface area contributed by atoms with Crippen molar-refractivity contribution in [2.75, 3.05) is 19.6 Å². The molecule has 0 spiro atoms. The van der Waals surface area contributed by atoms with Crippen molar-refractivity contribution in [3.05, 3.63) is 0 Å². The van der Waals surface area contributed by atoms with E-state index in [1.165, 1.54) is 16.7 Å². The number of hydrogen-bond acceptors (Lipinski definition) is 4. The molecule has 2 aliphatic heterocycles. The van der Waals surface area contributed by atoms with Crippen LogP contribution in [-0.2, 0) is 19.2 Å². The first-order valence-electron chi connectivity index (χ1n) is 5.87. The monoisotopic (exact) mass is 253 g/mol. The highest BCUT2D eigenvalue weighted by atomic mass is 16.2. The Hall–Kier alpha value is -1.92.